The molecule has 1 N–H and O–H groups in total. The van der Waals surface area contributed by atoms with Gasteiger partial charge in [-0.3, -0.25) is 9.20 Å². The van der Waals surface area contributed by atoms with E-state index in [1.807, 2.05) is 41.0 Å². The molecule has 102 valence electrons. The van der Waals surface area contributed by atoms with E-state index in [-0.39, 0.29) is 5.91 Å². The van der Waals surface area contributed by atoms with Crippen molar-refractivity contribution < 1.29 is 4.79 Å². The largest absolute Gasteiger partial charge is 0.352 e. The Morgan fingerprint density at radius 3 is 3.10 bits per heavy atom. The number of carbonyl (C=O) groups is 1. The topological polar surface area (TPSA) is 59.3 Å². The molecular weight excluding hydrogens is 272 g/mol. The molecule has 0 bridgehead atoms. The Morgan fingerprint density at radius 1 is 1.40 bits per heavy atom. The number of nitrogens with zero attached hydrogens (tertiary/aromatic N) is 3. The molecule has 20 heavy (non-hydrogen) atoms. The summed E-state index contributed by atoms with van der Waals surface area (Å²) < 4.78 is 1.95. The van der Waals surface area contributed by atoms with Gasteiger partial charge in [0.25, 0.3) is 5.91 Å². The minimum Gasteiger partial charge on any atom is -0.352 e. The first-order chi connectivity index (χ1) is 9.75. The van der Waals surface area contributed by atoms with Gasteiger partial charge in [-0.1, -0.05) is 18.2 Å². The van der Waals surface area contributed by atoms with Gasteiger partial charge in [0.15, 0.2) is 0 Å². The molecule has 1 aromatic carbocycles. The van der Waals surface area contributed by atoms with Crippen molar-refractivity contribution in [3.63, 3.8) is 0 Å². The van der Waals surface area contributed by atoms with Crippen LogP contribution in [-0.2, 0) is 6.42 Å². The summed E-state index contributed by atoms with van der Waals surface area (Å²) in [5, 5.41) is 12.8. The van der Waals surface area contributed by atoms with Gasteiger partial charge >= 0.3 is 0 Å². The molecule has 3 rings (SSSR count). The van der Waals surface area contributed by atoms with Crippen LogP contribution < -0.4 is 5.32 Å². The monoisotopic (exact) mass is 286 g/mol. The summed E-state index contributed by atoms with van der Waals surface area (Å²) in [5.41, 5.74) is 2.83. The molecule has 0 radical (unpaired) electrons. The van der Waals surface area contributed by atoms with Crippen molar-refractivity contribution in [3.8, 4) is 0 Å². The third-order valence-electron chi connectivity index (χ3n) is 3.18. The van der Waals surface area contributed by atoms with Crippen LogP contribution in [0.4, 0.5) is 0 Å². The molecule has 0 aliphatic carbocycles. The second kappa shape index (κ2) is 5.42. The Labute approximate surface area is 120 Å². The molecule has 0 fully saturated rings. The highest BCUT2D eigenvalue weighted by Crippen LogP contribution is 2.13. The Balaban J connectivity index is 1.62. The molecule has 1 amide bonds. The highest BCUT2D eigenvalue weighted by molar-refractivity contribution is 7.15. The van der Waals surface area contributed by atoms with E-state index < -0.39 is 0 Å². The van der Waals surface area contributed by atoms with Gasteiger partial charge in [-0.2, -0.15) is 0 Å². The van der Waals surface area contributed by atoms with Crippen LogP contribution in [0.3, 0.4) is 0 Å². The lowest BCUT2D eigenvalue weighted by Gasteiger charge is -2.07. The fraction of sp³-hybridized carbons (Fsp3) is 0.214. The summed E-state index contributed by atoms with van der Waals surface area (Å²) in [5.74, 6) is -0.0293. The summed E-state index contributed by atoms with van der Waals surface area (Å²) in [6.45, 7) is 2.53. The zero-order valence-corrected chi connectivity index (χ0v) is 11.9. The average Bonchev–Trinajstić information content (AvgIpc) is 3.03. The lowest BCUT2D eigenvalue weighted by molar-refractivity contribution is 0.0953. The predicted octanol–water partition coefficient (Wildman–Crippen LogP) is 2.07. The Kier molecular flexibility index (Phi) is 3.47. The summed E-state index contributed by atoms with van der Waals surface area (Å²) in [7, 11) is 0. The first-order valence-electron chi connectivity index (χ1n) is 6.35. The van der Waals surface area contributed by atoms with Crippen LogP contribution in [0.5, 0.6) is 0 Å². The van der Waals surface area contributed by atoms with Gasteiger partial charge in [-0.05, 0) is 18.6 Å². The highest BCUT2D eigenvalue weighted by Gasteiger charge is 2.09. The molecule has 0 spiro atoms. The molecule has 0 saturated carbocycles. The lowest BCUT2D eigenvalue weighted by atomic mass is 10.1. The van der Waals surface area contributed by atoms with Gasteiger partial charge in [0.05, 0.1) is 0 Å². The van der Waals surface area contributed by atoms with E-state index in [1.165, 1.54) is 0 Å². The van der Waals surface area contributed by atoms with E-state index >= 15 is 0 Å². The molecular formula is C14H14N4OS. The maximum atomic E-state index is 12.1. The van der Waals surface area contributed by atoms with Crippen LogP contribution in [0, 0.1) is 6.92 Å². The highest BCUT2D eigenvalue weighted by atomic mass is 32.1. The molecule has 0 saturated heterocycles. The number of thiazole rings is 1. The minimum absolute atomic E-state index is 0.0293. The SMILES string of the molecule is Cc1ccccc1C(=O)NCCc1csc2nncn12. The van der Waals surface area contributed by atoms with E-state index in [4.69, 9.17) is 0 Å². The third-order valence-corrected chi connectivity index (χ3v) is 4.06. The number of rotatable bonds is 4. The quantitative estimate of drug-likeness (QED) is 0.798. The zero-order valence-electron chi connectivity index (χ0n) is 11.0. The fourth-order valence-electron chi connectivity index (χ4n) is 2.09. The van der Waals surface area contributed by atoms with Gasteiger partial charge in [0.1, 0.15) is 6.33 Å². The van der Waals surface area contributed by atoms with E-state index in [9.17, 15) is 4.79 Å². The molecule has 2 heterocycles. The van der Waals surface area contributed by atoms with Gasteiger partial charge in [-0.25, -0.2) is 0 Å². The van der Waals surface area contributed by atoms with Crippen molar-refractivity contribution in [2.45, 2.75) is 13.3 Å². The van der Waals surface area contributed by atoms with Gasteiger partial charge in [0.2, 0.25) is 4.96 Å². The number of amides is 1. The number of fused-ring (bicyclic) bond motifs is 1. The average molecular weight is 286 g/mol. The van der Waals surface area contributed by atoms with Gasteiger partial charge in [0, 0.05) is 29.6 Å². The van der Waals surface area contributed by atoms with Crippen molar-refractivity contribution in [1.82, 2.24) is 19.9 Å². The second-order valence-corrected chi connectivity index (χ2v) is 5.37. The van der Waals surface area contributed by atoms with Crippen LogP contribution in [0.1, 0.15) is 21.6 Å². The van der Waals surface area contributed by atoms with Crippen molar-refractivity contribution >= 4 is 22.2 Å². The number of carbonyl (C=O) groups excluding carboxylic acids is 1. The summed E-state index contributed by atoms with van der Waals surface area (Å²) in [6.07, 6.45) is 2.46. The number of hydrogen-bond acceptors (Lipinski definition) is 4. The maximum absolute atomic E-state index is 12.1. The number of aromatic nitrogens is 3. The normalized spacial score (nSPS) is 10.8. The summed E-state index contributed by atoms with van der Waals surface area (Å²) in [4.78, 5) is 12.9. The van der Waals surface area contributed by atoms with E-state index in [0.717, 1.165) is 28.2 Å². The molecule has 0 atom stereocenters. The molecule has 6 heteroatoms. The van der Waals surface area contributed by atoms with Crippen molar-refractivity contribution in [1.29, 1.82) is 0 Å². The van der Waals surface area contributed by atoms with Crippen molar-refractivity contribution in [2.75, 3.05) is 6.54 Å². The second-order valence-electron chi connectivity index (χ2n) is 4.53. The van der Waals surface area contributed by atoms with Crippen molar-refractivity contribution in [2.24, 2.45) is 0 Å². The van der Waals surface area contributed by atoms with Crippen LogP contribution in [0.2, 0.25) is 0 Å². The summed E-state index contributed by atoms with van der Waals surface area (Å²) >= 11 is 1.55. The third kappa shape index (κ3) is 2.42. The molecule has 0 unspecified atom stereocenters. The van der Waals surface area contributed by atoms with Crippen LogP contribution >= 0.6 is 11.3 Å². The van der Waals surface area contributed by atoms with Gasteiger partial charge in [-0.15, -0.1) is 21.5 Å². The van der Waals surface area contributed by atoms with Crippen LogP contribution in [0.15, 0.2) is 36.0 Å². The standard InChI is InChI=1S/C14H14N4OS/c1-10-4-2-3-5-12(10)13(19)15-7-6-11-8-20-14-17-16-9-18(11)14/h2-5,8-9H,6-7H2,1H3,(H,15,19). The molecule has 0 aliphatic rings. The smallest absolute Gasteiger partial charge is 0.251 e. The van der Waals surface area contributed by atoms with E-state index in [0.29, 0.717) is 6.54 Å². The molecule has 2 aromatic heterocycles. The van der Waals surface area contributed by atoms with Crippen LogP contribution in [0.25, 0.3) is 4.96 Å². The van der Waals surface area contributed by atoms with Crippen LogP contribution in [-0.4, -0.2) is 27.0 Å². The number of aryl methyl sites for hydroxylation is 1. The fourth-order valence-corrected chi connectivity index (χ4v) is 2.93. The first kappa shape index (κ1) is 12.8. The van der Waals surface area contributed by atoms with Gasteiger partial charge < -0.3 is 5.32 Å². The Bertz CT molecular complexity index is 746. The molecule has 3 aromatic rings. The molecule has 0 aliphatic heterocycles. The Morgan fingerprint density at radius 2 is 2.25 bits per heavy atom. The Hall–Kier alpha value is -2.21. The lowest BCUT2D eigenvalue weighted by Crippen LogP contribution is -2.26. The minimum atomic E-state index is -0.0293. The summed E-state index contributed by atoms with van der Waals surface area (Å²) in [6, 6.07) is 7.59. The predicted molar refractivity (Wildman–Crippen MR) is 78.1 cm³/mol. The van der Waals surface area contributed by atoms with E-state index in [2.05, 4.69) is 15.5 Å². The molecule has 5 nitrogen and oxygen atoms in total. The number of nitrogens with one attached hydrogen (secondary N) is 1. The van der Waals surface area contributed by atoms with E-state index in [1.54, 1.807) is 17.7 Å². The number of benzene rings is 1. The first-order valence-corrected chi connectivity index (χ1v) is 7.23. The number of hydrogen-bond donors (Lipinski definition) is 1. The zero-order chi connectivity index (χ0) is 13.9. The maximum Gasteiger partial charge on any atom is 0.251 e. The van der Waals surface area contributed by atoms with Crippen molar-refractivity contribution in [3.05, 3.63) is 52.8 Å².